The number of fused-ring (bicyclic) bond motifs is 2. The van der Waals surface area contributed by atoms with Crippen LogP contribution in [0, 0.1) is 0 Å². The van der Waals surface area contributed by atoms with E-state index < -0.39 is 5.41 Å². The average Bonchev–Trinajstić information content (AvgIpc) is 3.15. The fraction of sp³-hybridized carbons (Fsp3) is 0.400. The van der Waals surface area contributed by atoms with E-state index >= 15 is 0 Å². The zero-order valence-electron chi connectivity index (χ0n) is 16.0. The van der Waals surface area contributed by atoms with Gasteiger partial charge in [0.25, 0.3) is 0 Å². The van der Waals surface area contributed by atoms with Gasteiger partial charge in [0.1, 0.15) is 5.75 Å². The molecule has 1 aliphatic heterocycles. The van der Waals surface area contributed by atoms with Crippen LogP contribution >= 0.6 is 11.3 Å². The molecule has 144 valence electrons. The summed E-state index contributed by atoms with van der Waals surface area (Å²) in [4.78, 5) is 28.3. The van der Waals surface area contributed by atoms with Gasteiger partial charge in [0.05, 0.1) is 28.4 Å². The molecule has 1 saturated carbocycles. The summed E-state index contributed by atoms with van der Waals surface area (Å²) in [5.74, 6) is 1.64. The molecule has 1 aliphatic carbocycles. The average molecular weight is 395 g/mol. The van der Waals surface area contributed by atoms with Crippen LogP contribution in [0.15, 0.2) is 30.6 Å². The molecule has 1 fully saturated rings. The number of hydrogen-bond acceptors (Lipinski definition) is 7. The van der Waals surface area contributed by atoms with E-state index in [1.807, 2.05) is 36.9 Å². The van der Waals surface area contributed by atoms with Gasteiger partial charge in [-0.1, -0.05) is 11.3 Å². The van der Waals surface area contributed by atoms with Crippen LogP contribution in [0.25, 0.3) is 10.2 Å². The van der Waals surface area contributed by atoms with Crippen LogP contribution in [0.2, 0.25) is 0 Å². The molecular formula is C20H21N5O2S. The van der Waals surface area contributed by atoms with E-state index in [2.05, 4.69) is 20.3 Å². The number of carbonyl (C=O) groups excluding carboxylic acids is 1. The van der Waals surface area contributed by atoms with Gasteiger partial charge >= 0.3 is 0 Å². The third-order valence-corrected chi connectivity index (χ3v) is 6.60. The van der Waals surface area contributed by atoms with Crippen molar-refractivity contribution in [1.29, 1.82) is 0 Å². The van der Waals surface area contributed by atoms with Gasteiger partial charge < -0.3 is 10.1 Å². The van der Waals surface area contributed by atoms with Gasteiger partial charge in [0.15, 0.2) is 10.9 Å². The first-order valence-electron chi connectivity index (χ1n) is 9.33. The van der Waals surface area contributed by atoms with E-state index in [-0.39, 0.29) is 11.9 Å². The van der Waals surface area contributed by atoms with Gasteiger partial charge in [-0.25, -0.2) is 9.97 Å². The highest BCUT2D eigenvalue weighted by molar-refractivity contribution is 7.22. The molecule has 3 heterocycles. The zero-order chi connectivity index (χ0) is 19.5. The summed E-state index contributed by atoms with van der Waals surface area (Å²) in [7, 11) is 1.67. The van der Waals surface area contributed by atoms with Crippen LogP contribution in [0.1, 0.15) is 32.4 Å². The predicted octanol–water partition coefficient (Wildman–Crippen LogP) is 3.36. The molecular weight excluding hydrogens is 374 g/mol. The summed E-state index contributed by atoms with van der Waals surface area (Å²) >= 11 is 1.62. The lowest BCUT2D eigenvalue weighted by Gasteiger charge is -2.41. The van der Waals surface area contributed by atoms with Crippen molar-refractivity contribution in [2.75, 3.05) is 17.3 Å². The van der Waals surface area contributed by atoms with E-state index in [0.717, 1.165) is 39.6 Å². The number of nitrogens with one attached hydrogen (secondary N) is 1. The van der Waals surface area contributed by atoms with Crippen molar-refractivity contribution in [3.8, 4) is 5.75 Å². The molecule has 0 bridgehead atoms. The SMILES string of the molecule is COc1ccc2nc(N[C@H]3C[C@H](N4C(=O)C(C)(C)c5nccnc54)C3)sc2c1. The standard InChI is InChI=1S/C20H21N5O2S/c1-20(2)16-17(22-7-6-21-16)25(18(20)26)12-8-11(9-12)23-19-24-14-5-4-13(27-3)10-15(14)28-19/h4-7,10-12H,8-9H2,1-3H3,(H,23,24)/t11-,12-. The second-order valence-electron chi connectivity index (χ2n) is 7.85. The smallest absolute Gasteiger partial charge is 0.240 e. The lowest BCUT2D eigenvalue weighted by molar-refractivity contribution is -0.123. The zero-order valence-corrected chi connectivity index (χ0v) is 16.8. The maximum Gasteiger partial charge on any atom is 0.240 e. The first-order valence-corrected chi connectivity index (χ1v) is 10.2. The van der Waals surface area contributed by atoms with Crippen molar-refractivity contribution in [1.82, 2.24) is 15.0 Å². The number of anilines is 2. The molecule has 28 heavy (non-hydrogen) atoms. The van der Waals surface area contributed by atoms with Crippen LogP contribution in [-0.4, -0.2) is 40.1 Å². The Kier molecular flexibility index (Phi) is 3.80. The highest BCUT2D eigenvalue weighted by Crippen LogP contribution is 2.43. The van der Waals surface area contributed by atoms with E-state index in [1.54, 1.807) is 30.8 Å². The Labute approximate surface area is 166 Å². The van der Waals surface area contributed by atoms with Crippen LogP contribution in [0.5, 0.6) is 5.75 Å². The molecule has 7 nitrogen and oxygen atoms in total. The lowest BCUT2D eigenvalue weighted by atomic mass is 9.85. The number of rotatable bonds is 4. The topological polar surface area (TPSA) is 80.2 Å². The van der Waals surface area contributed by atoms with Gasteiger partial charge in [-0.3, -0.25) is 14.7 Å². The monoisotopic (exact) mass is 395 g/mol. The molecule has 0 saturated heterocycles. The summed E-state index contributed by atoms with van der Waals surface area (Å²) in [5, 5.41) is 4.41. The minimum atomic E-state index is -0.617. The normalized spacial score (nSPS) is 22.8. The summed E-state index contributed by atoms with van der Waals surface area (Å²) in [6.07, 6.45) is 5.06. The van der Waals surface area contributed by atoms with Gasteiger partial charge in [-0.15, -0.1) is 0 Å². The van der Waals surface area contributed by atoms with Crippen LogP contribution in [-0.2, 0) is 10.2 Å². The Morgan fingerprint density at radius 3 is 2.82 bits per heavy atom. The van der Waals surface area contributed by atoms with Crippen LogP contribution in [0.3, 0.4) is 0 Å². The molecule has 5 rings (SSSR count). The molecule has 0 radical (unpaired) electrons. The van der Waals surface area contributed by atoms with Crippen LogP contribution < -0.4 is 15.0 Å². The highest BCUT2D eigenvalue weighted by Gasteiger charge is 2.51. The summed E-state index contributed by atoms with van der Waals surface area (Å²) in [6.45, 7) is 3.85. The fourth-order valence-corrected chi connectivity index (χ4v) is 4.94. The largest absolute Gasteiger partial charge is 0.497 e. The van der Waals surface area contributed by atoms with Crippen LogP contribution in [0.4, 0.5) is 10.9 Å². The third kappa shape index (κ3) is 2.55. The molecule has 1 amide bonds. The predicted molar refractivity (Wildman–Crippen MR) is 109 cm³/mol. The van der Waals surface area contributed by atoms with Crippen molar-refractivity contribution in [3.63, 3.8) is 0 Å². The fourth-order valence-electron chi connectivity index (χ4n) is 3.97. The van der Waals surface area contributed by atoms with Gasteiger partial charge in [0, 0.05) is 24.5 Å². The number of benzene rings is 1. The van der Waals surface area contributed by atoms with E-state index in [4.69, 9.17) is 4.74 Å². The maximum atomic E-state index is 13.0. The minimum Gasteiger partial charge on any atom is -0.497 e. The number of ether oxygens (including phenoxy) is 1. The Bertz CT molecular complexity index is 1070. The maximum absolute atomic E-state index is 13.0. The van der Waals surface area contributed by atoms with Gasteiger partial charge in [-0.2, -0.15) is 0 Å². The Balaban J connectivity index is 1.30. The molecule has 2 aliphatic rings. The van der Waals surface area contributed by atoms with Gasteiger partial charge in [0.2, 0.25) is 5.91 Å². The molecule has 2 aromatic heterocycles. The number of methoxy groups -OCH3 is 1. The Morgan fingerprint density at radius 2 is 2.04 bits per heavy atom. The summed E-state index contributed by atoms with van der Waals surface area (Å²) in [5.41, 5.74) is 1.12. The minimum absolute atomic E-state index is 0.0873. The Hall–Kier alpha value is -2.74. The Morgan fingerprint density at radius 1 is 1.25 bits per heavy atom. The summed E-state index contributed by atoms with van der Waals surface area (Å²) < 4.78 is 6.38. The third-order valence-electron chi connectivity index (χ3n) is 5.65. The highest BCUT2D eigenvalue weighted by atomic mass is 32.1. The van der Waals surface area contributed by atoms with Crippen molar-refractivity contribution >= 4 is 38.4 Å². The molecule has 0 atom stereocenters. The van der Waals surface area contributed by atoms with Crippen molar-refractivity contribution in [2.45, 2.75) is 44.2 Å². The first-order chi connectivity index (χ1) is 13.5. The van der Waals surface area contributed by atoms with Crippen molar-refractivity contribution in [2.24, 2.45) is 0 Å². The molecule has 0 spiro atoms. The van der Waals surface area contributed by atoms with Gasteiger partial charge in [-0.05, 0) is 44.9 Å². The first kappa shape index (κ1) is 17.4. The molecule has 8 heteroatoms. The van der Waals surface area contributed by atoms with E-state index in [1.165, 1.54) is 0 Å². The number of nitrogens with zero attached hydrogens (tertiary/aromatic N) is 4. The number of thiazole rings is 1. The molecule has 3 aromatic rings. The lowest BCUT2D eigenvalue weighted by Crippen LogP contribution is -2.53. The van der Waals surface area contributed by atoms with Crippen molar-refractivity contribution in [3.05, 3.63) is 36.3 Å². The second-order valence-corrected chi connectivity index (χ2v) is 8.88. The molecule has 1 aromatic carbocycles. The van der Waals surface area contributed by atoms with E-state index in [9.17, 15) is 4.79 Å². The molecule has 0 unspecified atom stereocenters. The number of amides is 1. The second kappa shape index (κ2) is 6.13. The number of carbonyl (C=O) groups is 1. The number of aromatic nitrogens is 3. The van der Waals surface area contributed by atoms with E-state index in [0.29, 0.717) is 11.9 Å². The number of hydrogen-bond donors (Lipinski definition) is 1. The molecule has 1 N–H and O–H groups in total. The van der Waals surface area contributed by atoms with Crippen molar-refractivity contribution < 1.29 is 9.53 Å². The quantitative estimate of drug-likeness (QED) is 0.730. The summed E-state index contributed by atoms with van der Waals surface area (Å²) in [6, 6.07) is 6.34.